The smallest absolute Gasteiger partial charge is 0.391 e. The number of aryl methyl sites for hydroxylation is 1. The summed E-state index contributed by atoms with van der Waals surface area (Å²) in [6.45, 7) is 4.01. The number of halogens is 4. The molecule has 2 aromatic carbocycles. The lowest BCUT2D eigenvalue weighted by Gasteiger charge is -2.25. The molecule has 1 fully saturated rings. The van der Waals surface area contributed by atoms with Crippen molar-refractivity contribution in [3.63, 3.8) is 0 Å². The molecular weight excluding hydrogens is 596 g/mol. The molecule has 0 radical (unpaired) electrons. The van der Waals surface area contributed by atoms with Gasteiger partial charge in [0.05, 0.1) is 27.9 Å². The summed E-state index contributed by atoms with van der Waals surface area (Å²) in [6, 6.07) is 14.2. The second-order valence-corrected chi connectivity index (χ2v) is 12.1. The number of pyridine rings is 1. The molecule has 44 heavy (non-hydrogen) atoms. The van der Waals surface area contributed by atoms with Gasteiger partial charge in [-0.2, -0.15) is 13.2 Å². The van der Waals surface area contributed by atoms with Gasteiger partial charge in [-0.25, -0.2) is 9.37 Å². The Morgan fingerprint density at radius 2 is 1.86 bits per heavy atom. The minimum Gasteiger partial charge on any atom is -0.391 e. The molecule has 4 heterocycles. The van der Waals surface area contributed by atoms with Crippen LogP contribution in [0.2, 0.25) is 0 Å². The second kappa shape index (κ2) is 11.3. The van der Waals surface area contributed by atoms with Crippen molar-refractivity contribution in [3.8, 4) is 10.4 Å². The maximum absolute atomic E-state index is 14.4. The van der Waals surface area contributed by atoms with Gasteiger partial charge in [-0.15, -0.1) is 11.3 Å². The minimum absolute atomic E-state index is 0.000731. The monoisotopic (exact) mass is 624 g/mol. The highest BCUT2D eigenvalue weighted by atomic mass is 32.1. The molecular formula is C32H28F4N4O3S. The fourth-order valence-corrected chi connectivity index (χ4v) is 6.91. The number of rotatable bonds is 4. The van der Waals surface area contributed by atoms with Crippen LogP contribution in [0.15, 0.2) is 60.7 Å². The quantitative estimate of drug-likeness (QED) is 0.247. The van der Waals surface area contributed by atoms with Gasteiger partial charge in [0.2, 0.25) is 0 Å². The molecule has 0 bridgehead atoms. The fraction of sp³-hybridized carbons (Fsp3) is 0.281. The second-order valence-electron chi connectivity index (χ2n) is 11.1. The number of anilines is 3. The average molecular weight is 625 g/mol. The number of β-amino-alcohol motifs (C(OH)–C–C–N with tert-alkyl or cyclic N) is 1. The maximum atomic E-state index is 14.4. The summed E-state index contributed by atoms with van der Waals surface area (Å²) >= 11 is 1.07. The molecule has 2 N–H and O–H groups in total. The molecule has 4 aromatic rings. The molecule has 2 amide bonds. The molecule has 2 atom stereocenters. The van der Waals surface area contributed by atoms with Crippen LogP contribution in [0.25, 0.3) is 10.4 Å². The van der Waals surface area contributed by atoms with Crippen molar-refractivity contribution < 1.29 is 32.3 Å². The van der Waals surface area contributed by atoms with Crippen molar-refractivity contribution in [2.75, 3.05) is 28.2 Å². The van der Waals surface area contributed by atoms with Crippen LogP contribution in [0.3, 0.4) is 0 Å². The lowest BCUT2D eigenvalue weighted by molar-refractivity contribution is -0.137. The summed E-state index contributed by atoms with van der Waals surface area (Å²) in [4.78, 5) is 35.6. The van der Waals surface area contributed by atoms with Crippen molar-refractivity contribution in [2.45, 2.75) is 45.0 Å². The number of para-hydroxylation sites is 1. The van der Waals surface area contributed by atoms with E-state index in [1.165, 1.54) is 29.2 Å². The van der Waals surface area contributed by atoms with Crippen LogP contribution in [-0.2, 0) is 12.6 Å². The summed E-state index contributed by atoms with van der Waals surface area (Å²) in [5.74, 6) is -1.19. The number of aromatic nitrogens is 1. The number of fused-ring (bicyclic) bond motifs is 3. The van der Waals surface area contributed by atoms with Crippen LogP contribution in [0.1, 0.15) is 50.2 Å². The highest BCUT2D eigenvalue weighted by Gasteiger charge is 2.35. The average Bonchev–Trinajstić information content (AvgIpc) is 3.52. The highest BCUT2D eigenvalue weighted by Crippen LogP contribution is 2.44. The maximum Gasteiger partial charge on any atom is 0.416 e. The molecule has 0 unspecified atom stereocenters. The van der Waals surface area contributed by atoms with Gasteiger partial charge >= 0.3 is 6.18 Å². The molecule has 12 heteroatoms. The predicted molar refractivity (Wildman–Crippen MR) is 161 cm³/mol. The minimum atomic E-state index is -4.65. The van der Waals surface area contributed by atoms with Gasteiger partial charge in [0.1, 0.15) is 17.3 Å². The van der Waals surface area contributed by atoms with E-state index in [2.05, 4.69) is 10.3 Å². The molecule has 0 spiro atoms. The summed E-state index contributed by atoms with van der Waals surface area (Å²) in [5.41, 5.74) is 0.859. The molecule has 7 nitrogen and oxygen atoms in total. The standard InChI is InChI=1S/C32H28F4N4O3S/c1-17-5-3-6-23(33)28(17)38-30(42)26-14-19-11-12-39(25-15-20(32(34,35)36)9-10-22(25)29(19)44-26)31(43)24-7-4-8-27(37-24)40-16-21(41)13-18(40)2/h3-10,14-15,18,21,41H,11-13,16H2,1-2H3,(H,38,42)/t18-,21-/m0/s1. The van der Waals surface area contributed by atoms with Gasteiger partial charge < -0.3 is 20.2 Å². The number of carbonyl (C=O) groups excluding carboxylic acids is 2. The number of nitrogens with zero attached hydrogens (tertiary/aromatic N) is 3. The normalized spacial score (nSPS) is 18.1. The molecule has 228 valence electrons. The third-order valence-corrected chi connectivity index (χ3v) is 9.21. The van der Waals surface area contributed by atoms with Crippen LogP contribution >= 0.6 is 11.3 Å². The number of amides is 2. The van der Waals surface area contributed by atoms with Crippen LogP contribution in [0, 0.1) is 12.7 Å². The Bertz CT molecular complexity index is 1750. The molecule has 2 aliphatic rings. The van der Waals surface area contributed by atoms with E-state index in [0.29, 0.717) is 40.4 Å². The molecule has 1 saturated heterocycles. The first-order chi connectivity index (χ1) is 20.9. The molecule has 2 aromatic heterocycles. The number of carbonyl (C=O) groups is 2. The molecule has 0 aliphatic carbocycles. The largest absolute Gasteiger partial charge is 0.416 e. The lowest BCUT2D eigenvalue weighted by Crippen LogP contribution is -2.34. The van der Waals surface area contributed by atoms with E-state index in [0.717, 1.165) is 23.5 Å². The zero-order chi connectivity index (χ0) is 31.3. The van der Waals surface area contributed by atoms with E-state index < -0.39 is 35.5 Å². The Labute approximate surface area is 254 Å². The van der Waals surface area contributed by atoms with Gasteiger partial charge in [0.25, 0.3) is 11.8 Å². The molecule has 6 rings (SSSR count). The number of thiophene rings is 1. The zero-order valence-electron chi connectivity index (χ0n) is 23.8. The Morgan fingerprint density at radius 1 is 1.09 bits per heavy atom. The van der Waals surface area contributed by atoms with Gasteiger partial charge in [-0.05, 0) is 74.2 Å². The highest BCUT2D eigenvalue weighted by molar-refractivity contribution is 7.17. The number of hydrogen-bond donors (Lipinski definition) is 2. The van der Waals surface area contributed by atoms with Gasteiger partial charge in [0, 0.05) is 29.6 Å². The Morgan fingerprint density at radius 3 is 2.57 bits per heavy atom. The van der Waals surface area contributed by atoms with Crippen LogP contribution in [-0.4, -0.2) is 47.1 Å². The third kappa shape index (κ3) is 5.55. The van der Waals surface area contributed by atoms with Crippen molar-refractivity contribution >= 4 is 40.3 Å². The van der Waals surface area contributed by atoms with E-state index in [9.17, 15) is 32.3 Å². The van der Waals surface area contributed by atoms with E-state index in [1.807, 2.05) is 11.8 Å². The number of nitrogens with one attached hydrogen (secondary N) is 1. The fourth-order valence-electron chi connectivity index (χ4n) is 5.77. The van der Waals surface area contributed by atoms with E-state index in [-0.39, 0.29) is 41.0 Å². The topological polar surface area (TPSA) is 85.8 Å². The van der Waals surface area contributed by atoms with Crippen molar-refractivity contribution in [1.29, 1.82) is 0 Å². The Hall–Kier alpha value is -4.29. The molecule has 0 saturated carbocycles. The summed E-state index contributed by atoms with van der Waals surface area (Å²) in [7, 11) is 0. The van der Waals surface area contributed by atoms with Gasteiger partial charge in [0.15, 0.2) is 0 Å². The zero-order valence-corrected chi connectivity index (χ0v) is 24.6. The number of benzene rings is 2. The van der Waals surface area contributed by atoms with Crippen LogP contribution in [0.5, 0.6) is 0 Å². The Balaban J connectivity index is 1.37. The summed E-state index contributed by atoms with van der Waals surface area (Å²) in [6.07, 6.45) is -4.36. The van der Waals surface area contributed by atoms with Gasteiger partial charge in [-0.3, -0.25) is 9.59 Å². The Kier molecular flexibility index (Phi) is 7.66. The van der Waals surface area contributed by atoms with Crippen LogP contribution < -0.4 is 15.1 Å². The first kappa shape index (κ1) is 29.8. The lowest BCUT2D eigenvalue weighted by atomic mass is 10.0. The van der Waals surface area contributed by atoms with Crippen molar-refractivity contribution in [3.05, 3.63) is 93.7 Å². The number of aliphatic hydroxyl groups excluding tert-OH is 1. The van der Waals surface area contributed by atoms with E-state index >= 15 is 0 Å². The first-order valence-corrected chi connectivity index (χ1v) is 14.9. The SMILES string of the molecule is Cc1cccc(F)c1NC(=O)c1cc2c(s1)-c1ccc(C(F)(F)F)cc1N(C(=O)c1cccc(N3C[C@@H](O)C[C@@H]3C)n1)CC2. The predicted octanol–water partition coefficient (Wildman–Crippen LogP) is 6.69. The number of hydrogen-bond acceptors (Lipinski definition) is 6. The summed E-state index contributed by atoms with van der Waals surface area (Å²) < 4.78 is 56.0. The third-order valence-electron chi connectivity index (χ3n) is 8.00. The molecule has 2 aliphatic heterocycles. The summed E-state index contributed by atoms with van der Waals surface area (Å²) in [5, 5.41) is 12.7. The first-order valence-electron chi connectivity index (χ1n) is 14.0. The van der Waals surface area contributed by atoms with E-state index in [1.54, 1.807) is 31.2 Å². The van der Waals surface area contributed by atoms with Crippen molar-refractivity contribution in [1.82, 2.24) is 4.98 Å². The van der Waals surface area contributed by atoms with Crippen LogP contribution in [0.4, 0.5) is 34.8 Å². The van der Waals surface area contributed by atoms with Gasteiger partial charge in [-0.1, -0.05) is 24.3 Å². The van der Waals surface area contributed by atoms with E-state index in [4.69, 9.17) is 0 Å². The number of aliphatic hydroxyl groups is 1. The van der Waals surface area contributed by atoms with Crippen molar-refractivity contribution in [2.24, 2.45) is 0 Å². The number of alkyl halides is 3.